The summed E-state index contributed by atoms with van der Waals surface area (Å²) in [5.74, 6) is -0.979. The Morgan fingerprint density at radius 2 is 1.79 bits per heavy atom. The second kappa shape index (κ2) is 7.17. The summed E-state index contributed by atoms with van der Waals surface area (Å²) in [5, 5.41) is 12.3. The number of carboxylic acids is 1. The molecule has 1 aliphatic heterocycles. The highest BCUT2D eigenvalue weighted by Gasteiger charge is 2.31. The summed E-state index contributed by atoms with van der Waals surface area (Å²) in [4.78, 5) is 25.7. The Morgan fingerprint density at radius 3 is 2.54 bits per heavy atom. The highest BCUT2D eigenvalue weighted by Crippen LogP contribution is 2.27. The summed E-state index contributed by atoms with van der Waals surface area (Å²) in [6.45, 7) is 0.608. The molecule has 2 aromatic rings. The molecule has 1 amide bonds. The number of hydrogen-bond donors (Lipinski definition) is 2. The number of nitrogens with zero attached hydrogens (tertiary/aromatic N) is 1. The van der Waals surface area contributed by atoms with E-state index in [4.69, 9.17) is 5.11 Å². The smallest absolute Gasteiger partial charge is 0.305 e. The van der Waals surface area contributed by atoms with Crippen LogP contribution in [0.25, 0.3) is 0 Å². The third-order valence-corrected chi connectivity index (χ3v) is 4.26. The molecule has 5 nitrogen and oxygen atoms in total. The first-order valence-electron chi connectivity index (χ1n) is 8.09. The fraction of sp³-hybridized carbons (Fsp3) is 0.263. The minimum Gasteiger partial charge on any atom is -0.481 e. The van der Waals surface area contributed by atoms with Crippen LogP contribution in [0.5, 0.6) is 0 Å². The zero-order chi connectivity index (χ0) is 16.9. The lowest BCUT2D eigenvalue weighted by Crippen LogP contribution is -2.37. The van der Waals surface area contributed by atoms with Gasteiger partial charge in [-0.1, -0.05) is 30.3 Å². The van der Waals surface area contributed by atoms with Crippen LogP contribution in [0, 0.1) is 0 Å². The van der Waals surface area contributed by atoms with E-state index < -0.39 is 5.97 Å². The van der Waals surface area contributed by atoms with E-state index in [9.17, 15) is 9.59 Å². The Labute approximate surface area is 140 Å². The Kier molecular flexibility index (Phi) is 4.79. The van der Waals surface area contributed by atoms with Gasteiger partial charge in [0.15, 0.2) is 0 Å². The van der Waals surface area contributed by atoms with E-state index in [1.807, 2.05) is 48.5 Å². The molecule has 1 unspecified atom stereocenters. The number of benzene rings is 2. The largest absolute Gasteiger partial charge is 0.481 e. The van der Waals surface area contributed by atoms with Gasteiger partial charge in [0.05, 0.1) is 17.7 Å². The van der Waals surface area contributed by atoms with Gasteiger partial charge < -0.3 is 15.3 Å². The van der Waals surface area contributed by atoms with Gasteiger partial charge in [0.1, 0.15) is 0 Å². The van der Waals surface area contributed by atoms with Gasteiger partial charge in [-0.2, -0.15) is 0 Å². The Balaban J connectivity index is 1.83. The second-order valence-electron chi connectivity index (χ2n) is 5.93. The molecule has 3 rings (SSSR count). The van der Waals surface area contributed by atoms with Gasteiger partial charge in [0.25, 0.3) is 5.91 Å². The molecule has 0 spiro atoms. The molecule has 5 heteroatoms. The van der Waals surface area contributed by atoms with Crippen molar-refractivity contribution in [3.8, 4) is 0 Å². The standard InChI is InChI=1S/C19H20N2O3/c22-18(23)13-15-9-6-12-21(15)19(24)16-10-4-5-11-17(16)20-14-7-2-1-3-8-14/h1-5,7-8,10-11,15,20H,6,9,12-13H2,(H,22,23). The van der Waals surface area contributed by atoms with Crippen LogP contribution in [0.2, 0.25) is 0 Å². The fourth-order valence-corrected chi connectivity index (χ4v) is 3.13. The van der Waals surface area contributed by atoms with E-state index in [0.717, 1.165) is 24.2 Å². The van der Waals surface area contributed by atoms with Crippen LogP contribution >= 0.6 is 0 Å². The fourth-order valence-electron chi connectivity index (χ4n) is 3.13. The minimum absolute atomic E-state index is 0.0000206. The predicted octanol–water partition coefficient (Wildman–Crippen LogP) is 3.51. The van der Waals surface area contributed by atoms with Crippen LogP contribution in [0.15, 0.2) is 54.6 Å². The molecule has 1 aliphatic rings. The number of anilines is 2. The first-order chi connectivity index (χ1) is 11.6. The van der Waals surface area contributed by atoms with Crippen molar-refractivity contribution in [2.75, 3.05) is 11.9 Å². The van der Waals surface area contributed by atoms with Crippen molar-refractivity contribution >= 4 is 23.3 Å². The maximum atomic E-state index is 12.9. The number of carboxylic acid groups (broad SMARTS) is 1. The summed E-state index contributed by atoms with van der Waals surface area (Å²) in [6.07, 6.45) is 1.59. The molecule has 2 N–H and O–H groups in total. The zero-order valence-corrected chi connectivity index (χ0v) is 13.3. The lowest BCUT2D eigenvalue weighted by Gasteiger charge is -2.24. The van der Waals surface area contributed by atoms with Gasteiger partial charge >= 0.3 is 5.97 Å². The quantitative estimate of drug-likeness (QED) is 0.883. The lowest BCUT2D eigenvalue weighted by atomic mass is 10.1. The number of amides is 1. The van der Waals surface area contributed by atoms with Gasteiger partial charge in [0, 0.05) is 18.3 Å². The average Bonchev–Trinajstić information content (AvgIpc) is 3.03. The van der Waals surface area contributed by atoms with E-state index >= 15 is 0 Å². The molecule has 2 aromatic carbocycles. The highest BCUT2D eigenvalue weighted by molar-refractivity contribution is 6.00. The monoisotopic (exact) mass is 324 g/mol. The summed E-state index contributed by atoms with van der Waals surface area (Å²) in [7, 11) is 0. The van der Waals surface area contributed by atoms with Gasteiger partial charge in [-0.3, -0.25) is 9.59 Å². The van der Waals surface area contributed by atoms with Crippen molar-refractivity contribution in [1.82, 2.24) is 4.90 Å². The molecule has 0 radical (unpaired) electrons. The molecule has 24 heavy (non-hydrogen) atoms. The van der Waals surface area contributed by atoms with Crippen molar-refractivity contribution in [2.45, 2.75) is 25.3 Å². The molecule has 1 atom stereocenters. The Bertz CT molecular complexity index is 730. The van der Waals surface area contributed by atoms with Gasteiger partial charge in [0.2, 0.25) is 0 Å². The van der Waals surface area contributed by atoms with Crippen LogP contribution < -0.4 is 5.32 Å². The van der Waals surface area contributed by atoms with Crippen LogP contribution in [-0.2, 0) is 4.79 Å². The maximum Gasteiger partial charge on any atom is 0.305 e. The second-order valence-corrected chi connectivity index (χ2v) is 5.93. The SMILES string of the molecule is O=C(O)CC1CCCN1C(=O)c1ccccc1Nc1ccccc1. The van der Waals surface area contributed by atoms with E-state index in [1.54, 1.807) is 11.0 Å². The number of aliphatic carboxylic acids is 1. The number of likely N-dealkylation sites (tertiary alicyclic amines) is 1. The van der Waals surface area contributed by atoms with Crippen LogP contribution in [0.1, 0.15) is 29.6 Å². The lowest BCUT2D eigenvalue weighted by molar-refractivity contribution is -0.137. The van der Waals surface area contributed by atoms with Gasteiger partial charge in [-0.15, -0.1) is 0 Å². The predicted molar refractivity (Wildman–Crippen MR) is 92.5 cm³/mol. The van der Waals surface area contributed by atoms with Crippen molar-refractivity contribution in [1.29, 1.82) is 0 Å². The maximum absolute atomic E-state index is 12.9. The summed E-state index contributed by atoms with van der Waals surface area (Å²) >= 11 is 0. The molecular weight excluding hydrogens is 304 g/mol. The Morgan fingerprint density at radius 1 is 1.08 bits per heavy atom. The molecule has 1 fully saturated rings. The molecule has 0 aromatic heterocycles. The minimum atomic E-state index is -0.865. The van der Waals surface area contributed by atoms with Crippen LogP contribution in [0.3, 0.4) is 0 Å². The number of hydrogen-bond acceptors (Lipinski definition) is 3. The number of carbonyl (C=O) groups is 2. The van der Waals surface area contributed by atoms with E-state index in [1.165, 1.54) is 0 Å². The summed E-state index contributed by atoms with van der Waals surface area (Å²) in [5.41, 5.74) is 2.20. The topological polar surface area (TPSA) is 69.6 Å². The Hall–Kier alpha value is -2.82. The third-order valence-electron chi connectivity index (χ3n) is 4.26. The van der Waals surface area contributed by atoms with E-state index in [2.05, 4.69) is 5.32 Å². The summed E-state index contributed by atoms with van der Waals surface area (Å²) < 4.78 is 0. The van der Waals surface area contributed by atoms with Crippen molar-refractivity contribution in [3.63, 3.8) is 0 Å². The third kappa shape index (κ3) is 3.56. The molecule has 0 aliphatic carbocycles. The molecule has 1 saturated heterocycles. The number of para-hydroxylation sites is 2. The summed E-state index contributed by atoms with van der Waals surface area (Å²) in [6, 6.07) is 16.8. The first-order valence-corrected chi connectivity index (χ1v) is 8.09. The molecule has 124 valence electrons. The molecule has 1 heterocycles. The van der Waals surface area contributed by atoms with Crippen LogP contribution in [-0.4, -0.2) is 34.5 Å². The van der Waals surface area contributed by atoms with E-state index in [0.29, 0.717) is 12.1 Å². The average molecular weight is 324 g/mol. The number of carbonyl (C=O) groups excluding carboxylic acids is 1. The first kappa shape index (κ1) is 16.1. The van der Waals surface area contributed by atoms with Crippen molar-refractivity contribution in [3.05, 3.63) is 60.2 Å². The highest BCUT2D eigenvalue weighted by atomic mass is 16.4. The zero-order valence-electron chi connectivity index (χ0n) is 13.3. The normalized spacial score (nSPS) is 16.8. The van der Waals surface area contributed by atoms with Crippen molar-refractivity contribution in [2.24, 2.45) is 0 Å². The molecule has 0 bridgehead atoms. The molecular formula is C19H20N2O3. The number of rotatable bonds is 5. The van der Waals surface area contributed by atoms with Crippen molar-refractivity contribution < 1.29 is 14.7 Å². The van der Waals surface area contributed by atoms with E-state index in [-0.39, 0.29) is 18.4 Å². The molecule has 0 saturated carbocycles. The van der Waals surface area contributed by atoms with Crippen LogP contribution in [0.4, 0.5) is 11.4 Å². The van der Waals surface area contributed by atoms with Gasteiger partial charge in [-0.05, 0) is 37.1 Å². The number of nitrogens with one attached hydrogen (secondary N) is 1. The van der Waals surface area contributed by atoms with Gasteiger partial charge in [-0.25, -0.2) is 0 Å².